The minimum absolute atomic E-state index is 0.671. The van der Waals surface area contributed by atoms with Gasteiger partial charge < -0.3 is 5.11 Å². The molecule has 0 saturated heterocycles. The quantitative estimate of drug-likeness (QED) is 0.516. The molecule has 2 aromatic rings. The largest absolute Gasteiger partial charge is 0.457 e. The molecule has 9 heteroatoms. The number of nitro benzene ring substituents is 1. The summed E-state index contributed by atoms with van der Waals surface area (Å²) in [6.07, 6.45) is -6.14. The van der Waals surface area contributed by atoms with Crippen molar-refractivity contribution in [1.29, 1.82) is 0 Å². The Bertz CT molecular complexity index is 748. The van der Waals surface area contributed by atoms with Crippen molar-refractivity contribution in [3.63, 3.8) is 0 Å². The molecule has 4 nitrogen and oxygen atoms in total. The summed E-state index contributed by atoms with van der Waals surface area (Å²) in [7, 11) is 0. The first-order chi connectivity index (χ1) is 11.0. The van der Waals surface area contributed by atoms with Gasteiger partial charge in [-0.25, -0.2) is 0 Å². The fraction of sp³-hybridized carbons (Fsp3) is 0.200. The lowest BCUT2D eigenvalue weighted by atomic mass is 9.79. The van der Waals surface area contributed by atoms with Crippen LogP contribution < -0.4 is 0 Å². The molecule has 1 unspecified atom stereocenters. The van der Waals surface area contributed by atoms with Crippen LogP contribution in [-0.2, 0) is 5.60 Å². The van der Waals surface area contributed by atoms with Crippen LogP contribution in [0.3, 0.4) is 0 Å². The molecule has 0 spiro atoms. The van der Waals surface area contributed by atoms with Crippen molar-refractivity contribution in [2.24, 2.45) is 0 Å². The molecular formula is C15H10F5NO3. The van der Waals surface area contributed by atoms with Gasteiger partial charge in [-0.2, -0.15) is 22.0 Å². The van der Waals surface area contributed by atoms with Crippen LogP contribution in [0.4, 0.5) is 27.6 Å². The minimum Gasteiger partial charge on any atom is -0.374 e. The summed E-state index contributed by atoms with van der Waals surface area (Å²) >= 11 is 0. The first-order valence-corrected chi connectivity index (χ1v) is 6.50. The number of benzene rings is 2. The van der Waals surface area contributed by atoms with E-state index in [1.54, 1.807) is 0 Å². The van der Waals surface area contributed by atoms with E-state index >= 15 is 0 Å². The molecule has 0 fully saturated rings. The zero-order valence-corrected chi connectivity index (χ0v) is 11.8. The Morgan fingerprint density at radius 1 is 0.875 bits per heavy atom. The third-order valence-corrected chi connectivity index (χ3v) is 3.49. The maximum absolute atomic E-state index is 14.2. The van der Waals surface area contributed by atoms with Gasteiger partial charge in [0.15, 0.2) is 5.60 Å². The van der Waals surface area contributed by atoms with E-state index in [4.69, 9.17) is 0 Å². The molecule has 0 amide bonds. The Labute approximate surface area is 132 Å². The first kappa shape index (κ1) is 17.8. The van der Waals surface area contributed by atoms with Crippen molar-refractivity contribution in [3.8, 4) is 0 Å². The summed E-state index contributed by atoms with van der Waals surface area (Å²) in [5.41, 5.74) is -6.98. The van der Waals surface area contributed by atoms with Crippen LogP contribution in [0.25, 0.3) is 0 Å². The Kier molecular flexibility index (Phi) is 4.32. The highest BCUT2D eigenvalue weighted by molar-refractivity contribution is 5.51. The maximum atomic E-state index is 14.2. The van der Waals surface area contributed by atoms with Crippen LogP contribution in [0.5, 0.6) is 0 Å². The molecule has 0 aliphatic rings. The number of rotatable bonds is 4. The molecule has 0 aliphatic heterocycles. The first-order valence-electron chi connectivity index (χ1n) is 6.50. The van der Waals surface area contributed by atoms with Gasteiger partial charge in [0, 0.05) is 6.07 Å². The third-order valence-electron chi connectivity index (χ3n) is 3.49. The normalized spacial score (nSPS) is 14.9. The molecule has 128 valence electrons. The van der Waals surface area contributed by atoms with Crippen molar-refractivity contribution in [2.45, 2.75) is 17.7 Å². The number of hydrogen-bond acceptors (Lipinski definition) is 3. The van der Waals surface area contributed by atoms with Gasteiger partial charge in [-0.15, -0.1) is 0 Å². The average molecular weight is 347 g/mol. The van der Waals surface area contributed by atoms with Gasteiger partial charge in [0.25, 0.3) is 5.69 Å². The van der Waals surface area contributed by atoms with E-state index in [1.165, 1.54) is 6.07 Å². The van der Waals surface area contributed by atoms with Crippen LogP contribution in [0.1, 0.15) is 11.1 Å². The summed E-state index contributed by atoms with van der Waals surface area (Å²) in [5.74, 6) is -5.67. The highest BCUT2D eigenvalue weighted by atomic mass is 19.4. The fourth-order valence-corrected chi connectivity index (χ4v) is 2.33. The molecule has 1 N–H and O–H groups in total. The average Bonchev–Trinajstić information content (AvgIpc) is 2.53. The highest BCUT2D eigenvalue weighted by Gasteiger charge is 2.72. The van der Waals surface area contributed by atoms with Gasteiger partial charge in [0.1, 0.15) is 0 Å². The van der Waals surface area contributed by atoms with Crippen molar-refractivity contribution in [3.05, 3.63) is 75.8 Å². The number of nitrogens with zero attached hydrogens (tertiary/aromatic N) is 1. The SMILES string of the molecule is O=[N+]([O-])c1ccccc1C(O)(c1ccccc1)C(F)(F)C(F)(F)F. The van der Waals surface area contributed by atoms with Gasteiger partial charge in [-0.05, 0) is 11.6 Å². The molecule has 0 bridgehead atoms. The van der Waals surface area contributed by atoms with E-state index in [-0.39, 0.29) is 0 Å². The van der Waals surface area contributed by atoms with Gasteiger partial charge >= 0.3 is 12.1 Å². The fourth-order valence-electron chi connectivity index (χ4n) is 2.33. The number of alkyl halides is 5. The summed E-state index contributed by atoms with van der Waals surface area (Å²) in [5, 5.41) is 21.5. The van der Waals surface area contributed by atoms with Crippen LogP contribution >= 0.6 is 0 Å². The van der Waals surface area contributed by atoms with Gasteiger partial charge in [0.2, 0.25) is 0 Å². The molecule has 0 heterocycles. The van der Waals surface area contributed by atoms with E-state index in [0.29, 0.717) is 6.07 Å². The number of halogens is 5. The van der Waals surface area contributed by atoms with Crippen LogP contribution in [0.2, 0.25) is 0 Å². The molecule has 0 radical (unpaired) electrons. The molecule has 0 saturated carbocycles. The second-order valence-corrected chi connectivity index (χ2v) is 4.92. The molecular weight excluding hydrogens is 337 g/mol. The van der Waals surface area contributed by atoms with Crippen molar-refractivity contribution in [2.75, 3.05) is 0 Å². The standard InChI is InChI=1S/C15H10F5NO3/c16-14(17,15(18,19)20)13(22,10-6-2-1-3-7-10)11-8-4-5-9-12(11)21(23)24/h1-9,22H. The number of aliphatic hydroxyl groups is 1. The minimum atomic E-state index is -6.14. The lowest BCUT2D eigenvalue weighted by Crippen LogP contribution is -2.55. The lowest BCUT2D eigenvalue weighted by Gasteiger charge is -2.37. The number of hydrogen-bond donors (Lipinski definition) is 1. The summed E-state index contributed by atoms with van der Waals surface area (Å²) in [6.45, 7) is 0. The van der Waals surface area contributed by atoms with Gasteiger partial charge in [0.05, 0.1) is 10.5 Å². The number of nitro groups is 1. The second kappa shape index (κ2) is 5.82. The summed E-state index contributed by atoms with van der Waals surface area (Å²) in [4.78, 5) is 9.92. The van der Waals surface area contributed by atoms with E-state index < -0.39 is 39.4 Å². The van der Waals surface area contributed by atoms with Crippen molar-refractivity contribution < 1.29 is 32.0 Å². The van der Waals surface area contributed by atoms with E-state index in [9.17, 15) is 37.2 Å². The van der Waals surface area contributed by atoms with E-state index in [1.807, 2.05) is 0 Å². The number of para-hydroxylation sites is 1. The molecule has 0 aliphatic carbocycles. The predicted octanol–water partition coefficient (Wildman–Crippen LogP) is 4.03. The Hall–Kier alpha value is -2.55. The van der Waals surface area contributed by atoms with Crippen LogP contribution in [-0.4, -0.2) is 22.1 Å². The zero-order valence-electron chi connectivity index (χ0n) is 11.8. The van der Waals surface area contributed by atoms with Gasteiger partial charge in [-0.3, -0.25) is 10.1 Å². The summed E-state index contributed by atoms with van der Waals surface area (Å²) in [6, 6.07) is 8.85. The molecule has 1 atom stereocenters. The van der Waals surface area contributed by atoms with Crippen molar-refractivity contribution >= 4 is 5.69 Å². The van der Waals surface area contributed by atoms with Crippen LogP contribution in [0, 0.1) is 10.1 Å². The smallest absolute Gasteiger partial charge is 0.374 e. The van der Waals surface area contributed by atoms with Crippen molar-refractivity contribution in [1.82, 2.24) is 0 Å². The molecule has 24 heavy (non-hydrogen) atoms. The molecule has 2 aromatic carbocycles. The second-order valence-electron chi connectivity index (χ2n) is 4.92. The molecule has 0 aromatic heterocycles. The third kappa shape index (κ3) is 2.60. The van der Waals surface area contributed by atoms with E-state index in [0.717, 1.165) is 42.5 Å². The topological polar surface area (TPSA) is 63.4 Å². The Morgan fingerprint density at radius 2 is 1.38 bits per heavy atom. The zero-order chi connectivity index (χ0) is 18.2. The highest BCUT2D eigenvalue weighted by Crippen LogP contribution is 2.53. The molecule has 2 rings (SSSR count). The van der Waals surface area contributed by atoms with E-state index in [2.05, 4.69) is 0 Å². The monoisotopic (exact) mass is 347 g/mol. The Morgan fingerprint density at radius 3 is 1.88 bits per heavy atom. The predicted molar refractivity (Wildman–Crippen MR) is 73.5 cm³/mol. The lowest BCUT2D eigenvalue weighted by molar-refractivity contribution is -0.389. The Balaban J connectivity index is 2.87. The van der Waals surface area contributed by atoms with Crippen LogP contribution in [0.15, 0.2) is 54.6 Å². The summed E-state index contributed by atoms with van der Waals surface area (Å²) < 4.78 is 67.3. The van der Waals surface area contributed by atoms with Gasteiger partial charge in [-0.1, -0.05) is 42.5 Å². The maximum Gasteiger partial charge on any atom is 0.457 e.